The Kier molecular flexibility index (Phi) is 6.73. The summed E-state index contributed by atoms with van der Waals surface area (Å²) in [5.74, 6) is -0.577. The third kappa shape index (κ3) is 5.92. The van der Waals surface area contributed by atoms with E-state index in [1.165, 1.54) is 30.3 Å². The standard InChI is InChI=1S/C18H20F2N2O4S/c1-3-10-27(24,25)22-14-7-4-6-13(11-14)17(23)21-15-8-5-9-16(12(15)2)26-18(19)20/h4-9,11,18,22H,3,10H2,1-2H3,(H,21,23). The van der Waals surface area contributed by atoms with Crippen LogP contribution in [0.4, 0.5) is 20.2 Å². The summed E-state index contributed by atoms with van der Waals surface area (Å²) in [6.07, 6.45) is 0.464. The molecule has 0 aliphatic rings. The predicted molar refractivity (Wildman–Crippen MR) is 99.9 cm³/mol. The fraction of sp³-hybridized carbons (Fsp3) is 0.278. The summed E-state index contributed by atoms with van der Waals surface area (Å²) in [6, 6.07) is 10.4. The molecule has 1 amide bonds. The number of carbonyl (C=O) groups excluding carboxylic acids is 1. The van der Waals surface area contributed by atoms with Crippen molar-refractivity contribution >= 4 is 27.3 Å². The van der Waals surface area contributed by atoms with E-state index < -0.39 is 22.5 Å². The van der Waals surface area contributed by atoms with Gasteiger partial charge in [0, 0.05) is 22.5 Å². The summed E-state index contributed by atoms with van der Waals surface area (Å²) in [5.41, 5.74) is 1.15. The molecule has 0 aliphatic carbocycles. The largest absolute Gasteiger partial charge is 0.434 e. The summed E-state index contributed by atoms with van der Waals surface area (Å²) in [4.78, 5) is 12.5. The number of alkyl halides is 2. The van der Waals surface area contributed by atoms with Gasteiger partial charge in [-0.15, -0.1) is 0 Å². The lowest BCUT2D eigenvalue weighted by atomic mass is 10.1. The van der Waals surface area contributed by atoms with E-state index in [2.05, 4.69) is 14.8 Å². The highest BCUT2D eigenvalue weighted by Crippen LogP contribution is 2.27. The van der Waals surface area contributed by atoms with Crippen LogP contribution in [0.1, 0.15) is 29.3 Å². The number of nitrogens with one attached hydrogen (secondary N) is 2. The summed E-state index contributed by atoms with van der Waals surface area (Å²) >= 11 is 0. The average molecular weight is 398 g/mol. The molecule has 2 aromatic carbocycles. The second kappa shape index (κ2) is 8.81. The first kappa shape index (κ1) is 20.6. The zero-order valence-electron chi connectivity index (χ0n) is 14.8. The molecule has 27 heavy (non-hydrogen) atoms. The number of hydrogen-bond acceptors (Lipinski definition) is 4. The van der Waals surface area contributed by atoms with Crippen molar-refractivity contribution in [1.82, 2.24) is 0 Å². The second-order valence-electron chi connectivity index (χ2n) is 5.76. The van der Waals surface area contributed by atoms with Gasteiger partial charge in [0.2, 0.25) is 10.0 Å². The first-order valence-electron chi connectivity index (χ1n) is 8.18. The zero-order valence-corrected chi connectivity index (χ0v) is 15.6. The summed E-state index contributed by atoms with van der Waals surface area (Å²) in [5, 5.41) is 2.61. The lowest BCUT2D eigenvalue weighted by molar-refractivity contribution is -0.0502. The third-order valence-corrected chi connectivity index (χ3v) is 5.11. The fourth-order valence-corrected chi connectivity index (χ4v) is 3.52. The van der Waals surface area contributed by atoms with Crippen molar-refractivity contribution in [1.29, 1.82) is 0 Å². The molecule has 0 heterocycles. The number of rotatable bonds is 8. The highest BCUT2D eigenvalue weighted by molar-refractivity contribution is 7.92. The molecule has 0 unspecified atom stereocenters. The molecule has 0 atom stereocenters. The molecule has 0 fully saturated rings. The lowest BCUT2D eigenvalue weighted by Crippen LogP contribution is -2.17. The van der Waals surface area contributed by atoms with Crippen LogP contribution < -0.4 is 14.8 Å². The number of benzene rings is 2. The normalized spacial score (nSPS) is 11.3. The van der Waals surface area contributed by atoms with Gasteiger partial charge in [-0.25, -0.2) is 8.42 Å². The molecule has 0 spiro atoms. The van der Waals surface area contributed by atoms with Crippen LogP contribution in [0.5, 0.6) is 5.75 Å². The molecule has 0 radical (unpaired) electrons. The Hall–Kier alpha value is -2.68. The third-order valence-electron chi connectivity index (χ3n) is 3.62. The van der Waals surface area contributed by atoms with Gasteiger partial charge in [0.25, 0.3) is 5.91 Å². The molecule has 146 valence electrons. The van der Waals surface area contributed by atoms with Crippen LogP contribution in [0.2, 0.25) is 0 Å². The maximum absolute atomic E-state index is 12.5. The van der Waals surface area contributed by atoms with E-state index >= 15 is 0 Å². The molecule has 2 rings (SSSR count). The number of sulfonamides is 1. The number of amides is 1. The van der Waals surface area contributed by atoms with Gasteiger partial charge in [-0.3, -0.25) is 9.52 Å². The monoisotopic (exact) mass is 398 g/mol. The van der Waals surface area contributed by atoms with Crippen LogP contribution in [0.15, 0.2) is 42.5 Å². The van der Waals surface area contributed by atoms with Crippen molar-refractivity contribution in [3.05, 3.63) is 53.6 Å². The van der Waals surface area contributed by atoms with Gasteiger partial charge in [0.1, 0.15) is 5.75 Å². The first-order valence-corrected chi connectivity index (χ1v) is 9.83. The van der Waals surface area contributed by atoms with Crippen LogP contribution >= 0.6 is 0 Å². The van der Waals surface area contributed by atoms with Crippen molar-refractivity contribution in [3.63, 3.8) is 0 Å². The molecule has 2 N–H and O–H groups in total. The molecule has 0 bridgehead atoms. The Labute approximate surface area is 156 Å². The Morgan fingerprint density at radius 2 is 1.89 bits per heavy atom. The van der Waals surface area contributed by atoms with Gasteiger partial charge in [0.05, 0.1) is 5.75 Å². The molecule has 0 saturated carbocycles. The quantitative estimate of drug-likeness (QED) is 0.704. The van der Waals surface area contributed by atoms with E-state index in [9.17, 15) is 22.0 Å². The molecule has 0 aliphatic heterocycles. The van der Waals surface area contributed by atoms with Crippen molar-refractivity contribution in [2.75, 3.05) is 15.8 Å². The van der Waals surface area contributed by atoms with Gasteiger partial charge in [0.15, 0.2) is 0 Å². The van der Waals surface area contributed by atoms with Crippen LogP contribution in [0.25, 0.3) is 0 Å². The van der Waals surface area contributed by atoms with E-state index in [0.717, 1.165) is 0 Å². The summed E-state index contributed by atoms with van der Waals surface area (Å²) in [7, 11) is -3.48. The minimum absolute atomic E-state index is 0.0282. The van der Waals surface area contributed by atoms with Crippen LogP contribution in [0.3, 0.4) is 0 Å². The summed E-state index contributed by atoms with van der Waals surface area (Å²) < 4.78 is 55.4. The lowest BCUT2D eigenvalue weighted by Gasteiger charge is -2.13. The molecule has 6 nitrogen and oxygen atoms in total. The van der Waals surface area contributed by atoms with E-state index in [-0.39, 0.29) is 22.8 Å². The van der Waals surface area contributed by atoms with Crippen molar-refractivity contribution < 1.29 is 26.7 Å². The van der Waals surface area contributed by atoms with E-state index in [1.54, 1.807) is 26.0 Å². The predicted octanol–water partition coefficient (Wildman–Crippen LogP) is 4.00. The smallest absolute Gasteiger partial charge is 0.387 e. The van der Waals surface area contributed by atoms with Gasteiger partial charge in [-0.2, -0.15) is 8.78 Å². The number of ether oxygens (including phenoxy) is 1. The molecule has 2 aromatic rings. The zero-order chi connectivity index (χ0) is 20.0. The molecule has 0 aromatic heterocycles. The Morgan fingerprint density at radius 1 is 1.19 bits per heavy atom. The van der Waals surface area contributed by atoms with E-state index in [4.69, 9.17) is 0 Å². The number of anilines is 2. The molecule has 9 heteroatoms. The van der Waals surface area contributed by atoms with Crippen LogP contribution in [-0.4, -0.2) is 26.7 Å². The van der Waals surface area contributed by atoms with E-state index in [0.29, 0.717) is 17.7 Å². The van der Waals surface area contributed by atoms with Crippen molar-refractivity contribution in [2.24, 2.45) is 0 Å². The van der Waals surface area contributed by atoms with Crippen LogP contribution in [-0.2, 0) is 10.0 Å². The van der Waals surface area contributed by atoms with Crippen molar-refractivity contribution in [3.8, 4) is 5.75 Å². The number of hydrogen-bond donors (Lipinski definition) is 2. The molecule has 0 saturated heterocycles. The van der Waals surface area contributed by atoms with Gasteiger partial charge < -0.3 is 10.1 Å². The first-order chi connectivity index (χ1) is 12.7. The Morgan fingerprint density at radius 3 is 2.56 bits per heavy atom. The number of halogens is 2. The fourth-order valence-electron chi connectivity index (χ4n) is 2.39. The highest BCUT2D eigenvalue weighted by atomic mass is 32.2. The topological polar surface area (TPSA) is 84.5 Å². The number of carbonyl (C=O) groups is 1. The van der Waals surface area contributed by atoms with Gasteiger partial charge in [-0.05, 0) is 43.7 Å². The SMILES string of the molecule is CCCS(=O)(=O)Nc1cccc(C(=O)Nc2cccc(OC(F)F)c2C)c1. The Bertz CT molecular complexity index is 917. The van der Waals surface area contributed by atoms with Gasteiger partial charge in [-0.1, -0.05) is 19.1 Å². The molecular formula is C18H20F2N2O4S. The van der Waals surface area contributed by atoms with E-state index in [1.807, 2.05) is 0 Å². The summed E-state index contributed by atoms with van der Waals surface area (Å²) in [6.45, 7) is 0.322. The minimum atomic E-state index is -3.48. The second-order valence-corrected chi connectivity index (χ2v) is 7.60. The Balaban J connectivity index is 2.19. The maximum atomic E-state index is 12.5. The highest BCUT2D eigenvalue weighted by Gasteiger charge is 2.14. The van der Waals surface area contributed by atoms with Crippen molar-refractivity contribution in [2.45, 2.75) is 26.9 Å². The van der Waals surface area contributed by atoms with Gasteiger partial charge >= 0.3 is 6.61 Å². The minimum Gasteiger partial charge on any atom is -0.434 e. The average Bonchev–Trinajstić information content (AvgIpc) is 2.57. The maximum Gasteiger partial charge on any atom is 0.387 e. The van der Waals surface area contributed by atoms with Crippen LogP contribution in [0, 0.1) is 6.92 Å². The molecular weight excluding hydrogens is 378 g/mol.